The molecule has 0 saturated carbocycles. The van der Waals surface area contributed by atoms with Gasteiger partial charge >= 0.3 is 0 Å². The van der Waals surface area contributed by atoms with Gasteiger partial charge in [-0.2, -0.15) is 0 Å². The van der Waals surface area contributed by atoms with Gasteiger partial charge in [-0.15, -0.1) is 0 Å². The Balaban J connectivity index is 2.05. The second kappa shape index (κ2) is 7.24. The van der Waals surface area contributed by atoms with Crippen LogP contribution in [-0.2, 0) is 9.53 Å². The molecule has 0 unspecified atom stereocenters. The summed E-state index contributed by atoms with van der Waals surface area (Å²) < 4.78 is 19.1. The highest BCUT2D eigenvalue weighted by Gasteiger charge is 2.14. The number of benzene rings is 1. The molecule has 2 rings (SSSR count). The zero-order valence-corrected chi connectivity index (χ0v) is 11.8. The van der Waals surface area contributed by atoms with Crippen molar-refractivity contribution in [3.63, 3.8) is 0 Å². The normalized spacial score (nSPS) is 15.2. The van der Waals surface area contributed by atoms with E-state index in [0.717, 1.165) is 31.6 Å². The van der Waals surface area contributed by atoms with E-state index in [4.69, 9.17) is 4.74 Å². The predicted octanol–water partition coefficient (Wildman–Crippen LogP) is 2.79. The molecule has 110 valence electrons. The zero-order valence-electron chi connectivity index (χ0n) is 11.8. The lowest BCUT2D eigenvalue weighted by Gasteiger charge is -2.29. The molecule has 1 saturated heterocycles. The van der Waals surface area contributed by atoms with E-state index >= 15 is 0 Å². The summed E-state index contributed by atoms with van der Waals surface area (Å²) in [6.45, 7) is 4.95. The number of morpholine rings is 1. The van der Waals surface area contributed by atoms with Crippen molar-refractivity contribution in [3.8, 4) is 0 Å². The van der Waals surface area contributed by atoms with Crippen LogP contribution >= 0.6 is 0 Å². The molecule has 1 aromatic carbocycles. The average Bonchev–Trinajstić information content (AvgIpc) is 2.48. The highest BCUT2D eigenvalue weighted by Crippen LogP contribution is 2.23. The molecule has 20 heavy (non-hydrogen) atoms. The van der Waals surface area contributed by atoms with Crippen molar-refractivity contribution >= 4 is 17.3 Å². The second-order valence-electron chi connectivity index (χ2n) is 4.92. The number of amides is 1. The fourth-order valence-electron chi connectivity index (χ4n) is 2.18. The molecule has 0 atom stereocenters. The van der Waals surface area contributed by atoms with Gasteiger partial charge in [0.15, 0.2) is 0 Å². The molecule has 1 aromatic rings. The van der Waals surface area contributed by atoms with Crippen molar-refractivity contribution in [3.05, 3.63) is 24.0 Å². The molecule has 0 aliphatic carbocycles. The van der Waals surface area contributed by atoms with E-state index in [-0.39, 0.29) is 11.6 Å². The summed E-state index contributed by atoms with van der Waals surface area (Å²) in [5, 5.41) is 2.65. The summed E-state index contributed by atoms with van der Waals surface area (Å²) in [5.41, 5.74) is 1.18. The molecule has 1 amide bonds. The number of ether oxygens (including phenoxy) is 1. The molecule has 1 aliphatic heterocycles. The van der Waals surface area contributed by atoms with Crippen LogP contribution in [0.5, 0.6) is 0 Å². The van der Waals surface area contributed by atoms with Gasteiger partial charge in [0.05, 0.1) is 18.9 Å². The maximum atomic E-state index is 13.8. The number of carbonyl (C=O) groups is 1. The number of nitrogens with zero attached hydrogens (tertiary/aromatic N) is 1. The van der Waals surface area contributed by atoms with Gasteiger partial charge in [-0.05, 0) is 24.6 Å². The van der Waals surface area contributed by atoms with Gasteiger partial charge in [-0.3, -0.25) is 4.79 Å². The molecule has 0 radical (unpaired) electrons. The van der Waals surface area contributed by atoms with Crippen molar-refractivity contribution in [2.24, 2.45) is 0 Å². The van der Waals surface area contributed by atoms with E-state index in [0.29, 0.717) is 19.6 Å². The molecular formula is C15H21FN2O2. The largest absolute Gasteiger partial charge is 0.378 e. The van der Waals surface area contributed by atoms with E-state index in [1.165, 1.54) is 6.07 Å². The minimum atomic E-state index is -0.396. The number of carbonyl (C=O) groups excluding carboxylic acids is 1. The first kappa shape index (κ1) is 14.8. The molecule has 0 aromatic heterocycles. The quantitative estimate of drug-likeness (QED) is 0.901. The second-order valence-corrected chi connectivity index (χ2v) is 4.92. The molecule has 1 N–H and O–H groups in total. The van der Waals surface area contributed by atoms with Crippen molar-refractivity contribution < 1.29 is 13.9 Å². The van der Waals surface area contributed by atoms with Crippen molar-refractivity contribution in [2.45, 2.75) is 26.2 Å². The van der Waals surface area contributed by atoms with Crippen molar-refractivity contribution in [1.29, 1.82) is 0 Å². The molecular weight excluding hydrogens is 259 g/mol. The SMILES string of the molecule is CCCCC(=O)Nc1cc(N2CCOCC2)ccc1F. The maximum absolute atomic E-state index is 13.8. The maximum Gasteiger partial charge on any atom is 0.224 e. The lowest BCUT2D eigenvalue weighted by molar-refractivity contribution is -0.116. The predicted molar refractivity (Wildman–Crippen MR) is 77.6 cm³/mol. The van der Waals surface area contributed by atoms with Gasteiger partial charge in [-0.25, -0.2) is 4.39 Å². The van der Waals surface area contributed by atoms with E-state index < -0.39 is 5.82 Å². The number of nitrogens with one attached hydrogen (secondary N) is 1. The number of halogens is 1. The van der Waals surface area contributed by atoms with E-state index in [2.05, 4.69) is 10.2 Å². The van der Waals surface area contributed by atoms with E-state index in [1.54, 1.807) is 12.1 Å². The van der Waals surface area contributed by atoms with Gasteiger partial charge in [0.25, 0.3) is 0 Å². The first-order valence-electron chi connectivity index (χ1n) is 7.13. The van der Waals surface area contributed by atoms with Gasteiger partial charge in [0.2, 0.25) is 5.91 Å². The lowest BCUT2D eigenvalue weighted by atomic mass is 10.2. The average molecular weight is 280 g/mol. The molecule has 0 spiro atoms. The van der Waals surface area contributed by atoms with Gasteiger partial charge in [0.1, 0.15) is 5.82 Å². The summed E-state index contributed by atoms with van der Waals surface area (Å²) >= 11 is 0. The Labute approximate surface area is 118 Å². The standard InChI is InChI=1S/C15H21FN2O2/c1-2-3-4-15(19)17-14-11-12(5-6-13(14)16)18-7-9-20-10-8-18/h5-6,11H,2-4,7-10H2,1H3,(H,17,19). The number of hydrogen-bond donors (Lipinski definition) is 1. The Kier molecular flexibility index (Phi) is 5.35. The molecule has 0 bridgehead atoms. The van der Waals surface area contributed by atoms with Crippen molar-refractivity contribution in [2.75, 3.05) is 36.5 Å². The zero-order chi connectivity index (χ0) is 14.4. The van der Waals surface area contributed by atoms with Crippen LogP contribution in [0, 0.1) is 5.82 Å². The fraction of sp³-hybridized carbons (Fsp3) is 0.533. The highest BCUT2D eigenvalue weighted by molar-refractivity contribution is 5.91. The Morgan fingerprint density at radius 1 is 1.40 bits per heavy atom. The molecule has 5 heteroatoms. The monoisotopic (exact) mass is 280 g/mol. The summed E-state index contributed by atoms with van der Waals surface area (Å²) in [7, 11) is 0. The van der Waals surface area contributed by atoms with Gasteiger partial charge < -0.3 is 15.0 Å². The first-order valence-corrected chi connectivity index (χ1v) is 7.13. The van der Waals surface area contributed by atoms with E-state index in [1.807, 2.05) is 6.92 Å². The van der Waals surface area contributed by atoms with Crippen LogP contribution in [0.2, 0.25) is 0 Å². The van der Waals surface area contributed by atoms with Crippen LogP contribution in [-0.4, -0.2) is 32.2 Å². The summed E-state index contributed by atoms with van der Waals surface area (Å²) in [6.07, 6.45) is 2.19. The third-order valence-electron chi connectivity index (χ3n) is 3.36. The van der Waals surface area contributed by atoms with Crippen molar-refractivity contribution in [1.82, 2.24) is 0 Å². The third kappa shape index (κ3) is 3.93. The highest BCUT2D eigenvalue weighted by atomic mass is 19.1. The molecule has 4 nitrogen and oxygen atoms in total. The number of hydrogen-bond acceptors (Lipinski definition) is 3. The van der Waals surface area contributed by atoms with Crippen LogP contribution in [0.15, 0.2) is 18.2 Å². The van der Waals surface area contributed by atoms with Crippen LogP contribution in [0.25, 0.3) is 0 Å². The topological polar surface area (TPSA) is 41.6 Å². The minimum absolute atomic E-state index is 0.134. The van der Waals surface area contributed by atoms with Gasteiger partial charge in [0, 0.05) is 25.2 Å². The molecule has 1 heterocycles. The Bertz CT molecular complexity index is 459. The Hall–Kier alpha value is -1.62. The number of rotatable bonds is 5. The lowest BCUT2D eigenvalue weighted by Crippen LogP contribution is -2.36. The number of anilines is 2. The van der Waals surface area contributed by atoms with Crippen LogP contribution in [0.3, 0.4) is 0 Å². The van der Waals surface area contributed by atoms with Crippen LogP contribution in [0.1, 0.15) is 26.2 Å². The first-order chi connectivity index (χ1) is 9.70. The Morgan fingerprint density at radius 3 is 2.85 bits per heavy atom. The van der Waals surface area contributed by atoms with Crippen LogP contribution < -0.4 is 10.2 Å². The molecule has 1 fully saturated rings. The minimum Gasteiger partial charge on any atom is -0.378 e. The van der Waals surface area contributed by atoms with E-state index in [9.17, 15) is 9.18 Å². The fourth-order valence-corrected chi connectivity index (χ4v) is 2.18. The summed E-state index contributed by atoms with van der Waals surface area (Å²) in [4.78, 5) is 13.8. The molecule has 1 aliphatic rings. The summed E-state index contributed by atoms with van der Waals surface area (Å²) in [5.74, 6) is -0.531. The smallest absolute Gasteiger partial charge is 0.224 e. The number of unbranched alkanes of at least 4 members (excludes halogenated alkanes) is 1. The Morgan fingerprint density at radius 2 is 2.15 bits per heavy atom. The van der Waals surface area contributed by atoms with Crippen LogP contribution in [0.4, 0.5) is 15.8 Å². The third-order valence-corrected chi connectivity index (χ3v) is 3.36. The van der Waals surface area contributed by atoms with Gasteiger partial charge in [-0.1, -0.05) is 13.3 Å². The summed E-state index contributed by atoms with van der Waals surface area (Å²) in [6, 6.07) is 4.84.